The van der Waals surface area contributed by atoms with Crippen LogP contribution in [0.5, 0.6) is 0 Å². The lowest BCUT2D eigenvalue weighted by atomic mass is 10.0. The summed E-state index contributed by atoms with van der Waals surface area (Å²) >= 11 is 0. The molecular weight excluding hydrogens is 208 g/mol. The topological polar surface area (TPSA) is 92.5 Å². The molecule has 86 valence electrons. The maximum absolute atomic E-state index is 5.18. The molecule has 2 rings (SSSR count). The van der Waals surface area contributed by atoms with E-state index in [1.165, 1.54) is 6.33 Å². The predicted octanol–water partition coefficient (Wildman–Crippen LogP) is 0.566. The summed E-state index contributed by atoms with van der Waals surface area (Å²) < 4.78 is 5.18. The normalized spacial score (nSPS) is 14.9. The summed E-state index contributed by atoms with van der Waals surface area (Å²) in [6, 6.07) is 0.267. The van der Waals surface area contributed by atoms with Gasteiger partial charge in [-0.25, -0.2) is 4.98 Å². The van der Waals surface area contributed by atoms with Crippen molar-refractivity contribution in [1.29, 1.82) is 0 Å². The summed E-state index contributed by atoms with van der Waals surface area (Å²) in [5.74, 6) is 1.68. The molecule has 0 saturated heterocycles. The van der Waals surface area contributed by atoms with Gasteiger partial charge in [-0.1, -0.05) is 12.1 Å². The average molecular weight is 222 g/mol. The Labute approximate surface area is 92.7 Å². The van der Waals surface area contributed by atoms with Crippen molar-refractivity contribution in [3.05, 3.63) is 12.2 Å². The van der Waals surface area contributed by atoms with Crippen molar-refractivity contribution in [2.24, 2.45) is 0 Å². The van der Waals surface area contributed by atoms with Gasteiger partial charge in [0.05, 0.1) is 5.92 Å². The molecule has 0 fully saturated rings. The number of aromatic nitrogens is 5. The quantitative estimate of drug-likeness (QED) is 0.785. The maximum Gasteiger partial charge on any atom is 0.239 e. The van der Waals surface area contributed by atoms with Gasteiger partial charge >= 0.3 is 0 Å². The van der Waals surface area contributed by atoms with E-state index >= 15 is 0 Å². The highest BCUT2D eigenvalue weighted by Gasteiger charge is 2.20. The first-order valence-corrected chi connectivity index (χ1v) is 5.09. The zero-order valence-corrected chi connectivity index (χ0v) is 9.43. The van der Waals surface area contributed by atoms with Crippen molar-refractivity contribution in [2.75, 3.05) is 7.05 Å². The molecule has 7 nitrogen and oxygen atoms in total. The average Bonchev–Trinajstić information content (AvgIpc) is 2.96. The van der Waals surface area contributed by atoms with Crippen LogP contribution in [-0.4, -0.2) is 38.4 Å². The van der Waals surface area contributed by atoms with Gasteiger partial charge in [-0.05, 0) is 14.0 Å². The highest BCUT2D eigenvalue weighted by molar-refractivity contribution is 5.39. The fraction of sp³-hybridized carbons (Fsp3) is 0.556. The Morgan fingerprint density at radius 2 is 2.25 bits per heavy atom. The molecule has 0 saturated carbocycles. The molecule has 7 heteroatoms. The van der Waals surface area contributed by atoms with Gasteiger partial charge in [-0.15, -0.1) is 0 Å². The molecule has 2 atom stereocenters. The lowest BCUT2D eigenvalue weighted by molar-refractivity contribution is 0.336. The van der Waals surface area contributed by atoms with E-state index in [1.54, 1.807) is 0 Å². The molecule has 2 unspecified atom stereocenters. The van der Waals surface area contributed by atoms with Crippen LogP contribution in [0, 0.1) is 0 Å². The molecule has 2 aromatic heterocycles. The zero-order chi connectivity index (χ0) is 11.5. The predicted molar refractivity (Wildman–Crippen MR) is 56.6 cm³/mol. The standard InChI is InChI=1S/C9H14N6O/c1-5(6(2)10-3)9-13-8(15-16-9)7-11-4-12-14-7/h4-6,10H,1-3H3,(H,11,12,14). The highest BCUT2D eigenvalue weighted by atomic mass is 16.5. The zero-order valence-electron chi connectivity index (χ0n) is 9.43. The summed E-state index contributed by atoms with van der Waals surface area (Å²) in [5.41, 5.74) is 0. The lowest BCUT2D eigenvalue weighted by Crippen LogP contribution is -2.27. The minimum Gasteiger partial charge on any atom is -0.339 e. The number of aromatic amines is 1. The van der Waals surface area contributed by atoms with Gasteiger partial charge in [0.2, 0.25) is 11.7 Å². The van der Waals surface area contributed by atoms with Gasteiger partial charge in [0.15, 0.2) is 5.82 Å². The van der Waals surface area contributed by atoms with Gasteiger partial charge in [-0.3, -0.25) is 5.10 Å². The van der Waals surface area contributed by atoms with Crippen LogP contribution in [0.1, 0.15) is 25.7 Å². The summed E-state index contributed by atoms with van der Waals surface area (Å²) in [5, 5.41) is 13.4. The fourth-order valence-corrected chi connectivity index (χ4v) is 1.29. The second-order valence-electron chi connectivity index (χ2n) is 3.66. The van der Waals surface area contributed by atoms with Crippen molar-refractivity contribution in [3.63, 3.8) is 0 Å². The summed E-state index contributed by atoms with van der Waals surface area (Å²) in [6.07, 6.45) is 1.41. The fourth-order valence-electron chi connectivity index (χ4n) is 1.29. The molecule has 0 aliphatic heterocycles. The smallest absolute Gasteiger partial charge is 0.239 e. The number of hydrogen-bond donors (Lipinski definition) is 2. The molecule has 0 radical (unpaired) electrons. The van der Waals surface area contributed by atoms with Crippen LogP contribution in [0.25, 0.3) is 11.6 Å². The maximum atomic E-state index is 5.18. The Morgan fingerprint density at radius 3 is 2.88 bits per heavy atom. The number of likely N-dealkylation sites (N-methyl/N-ethyl adjacent to an activating group) is 1. The molecule has 2 N–H and O–H groups in total. The molecule has 16 heavy (non-hydrogen) atoms. The van der Waals surface area contributed by atoms with Crippen molar-refractivity contribution >= 4 is 0 Å². The molecule has 0 aromatic carbocycles. The van der Waals surface area contributed by atoms with Gasteiger partial charge in [-0.2, -0.15) is 10.1 Å². The van der Waals surface area contributed by atoms with E-state index in [1.807, 2.05) is 14.0 Å². The van der Waals surface area contributed by atoms with E-state index in [2.05, 4.69) is 37.6 Å². The summed E-state index contributed by atoms with van der Waals surface area (Å²) in [4.78, 5) is 8.23. The van der Waals surface area contributed by atoms with Gasteiger partial charge in [0.1, 0.15) is 6.33 Å². The molecule has 0 amide bonds. The van der Waals surface area contributed by atoms with Crippen LogP contribution in [0.3, 0.4) is 0 Å². The van der Waals surface area contributed by atoms with E-state index in [9.17, 15) is 0 Å². The molecule has 0 spiro atoms. The van der Waals surface area contributed by atoms with Crippen molar-refractivity contribution in [1.82, 2.24) is 30.6 Å². The van der Waals surface area contributed by atoms with Crippen molar-refractivity contribution < 1.29 is 4.52 Å². The van der Waals surface area contributed by atoms with E-state index in [0.29, 0.717) is 17.5 Å². The van der Waals surface area contributed by atoms with E-state index < -0.39 is 0 Å². The number of nitrogens with zero attached hydrogens (tertiary/aromatic N) is 4. The van der Waals surface area contributed by atoms with Gasteiger partial charge < -0.3 is 9.84 Å². The Bertz CT molecular complexity index is 437. The largest absolute Gasteiger partial charge is 0.339 e. The monoisotopic (exact) mass is 222 g/mol. The van der Waals surface area contributed by atoms with Crippen LogP contribution in [0.4, 0.5) is 0 Å². The van der Waals surface area contributed by atoms with E-state index in [-0.39, 0.29) is 12.0 Å². The van der Waals surface area contributed by atoms with Crippen LogP contribution >= 0.6 is 0 Å². The highest BCUT2D eigenvalue weighted by Crippen LogP contribution is 2.19. The number of hydrogen-bond acceptors (Lipinski definition) is 6. The SMILES string of the molecule is CNC(C)C(C)c1nc(-c2ncn[nH]2)no1. The molecule has 2 heterocycles. The molecule has 0 aliphatic carbocycles. The third-order valence-corrected chi connectivity index (χ3v) is 2.66. The number of nitrogens with one attached hydrogen (secondary N) is 2. The first-order chi connectivity index (χ1) is 7.72. The summed E-state index contributed by atoms with van der Waals surface area (Å²) in [6.45, 7) is 4.09. The van der Waals surface area contributed by atoms with Crippen LogP contribution in [0.2, 0.25) is 0 Å². The third-order valence-electron chi connectivity index (χ3n) is 2.66. The first kappa shape index (κ1) is 10.7. The molecular formula is C9H14N6O. The Kier molecular flexibility index (Phi) is 2.95. The summed E-state index contributed by atoms with van der Waals surface area (Å²) in [7, 11) is 1.90. The van der Waals surface area contributed by atoms with E-state index in [4.69, 9.17) is 4.52 Å². The molecule has 0 bridgehead atoms. The van der Waals surface area contributed by atoms with Crippen LogP contribution in [-0.2, 0) is 0 Å². The van der Waals surface area contributed by atoms with Gasteiger partial charge in [0.25, 0.3) is 0 Å². The Hall–Kier alpha value is -1.76. The molecule has 0 aliphatic rings. The minimum absolute atomic E-state index is 0.147. The van der Waals surface area contributed by atoms with Gasteiger partial charge in [0, 0.05) is 6.04 Å². The van der Waals surface area contributed by atoms with Crippen molar-refractivity contribution in [2.45, 2.75) is 25.8 Å². The van der Waals surface area contributed by atoms with Crippen molar-refractivity contribution in [3.8, 4) is 11.6 Å². The first-order valence-electron chi connectivity index (χ1n) is 5.09. The lowest BCUT2D eigenvalue weighted by Gasteiger charge is -2.14. The van der Waals surface area contributed by atoms with E-state index in [0.717, 1.165) is 0 Å². The Morgan fingerprint density at radius 1 is 1.44 bits per heavy atom. The minimum atomic E-state index is 0.147. The molecule has 2 aromatic rings. The second kappa shape index (κ2) is 4.40. The number of H-pyrrole nitrogens is 1. The van der Waals surface area contributed by atoms with Crippen LogP contribution in [0.15, 0.2) is 10.9 Å². The van der Waals surface area contributed by atoms with Crippen LogP contribution < -0.4 is 5.32 Å². The Balaban J connectivity index is 2.20. The number of rotatable bonds is 4. The third kappa shape index (κ3) is 1.94. The second-order valence-corrected chi connectivity index (χ2v) is 3.66.